The summed E-state index contributed by atoms with van der Waals surface area (Å²) in [5.74, 6) is 0. The van der Waals surface area contributed by atoms with Crippen molar-refractivity contribution in [2.75, 3.05) is 6.79 Å². The molecule has 0 aliphatic heterocycles. The first-order valence-electron chi connectivity index (χ1n) is 6.87. The van der Waals surface area contributed by atoms with Crippen LogP contribution in [0.25, 0.3) is 0 Å². The SMILES string of the molecule is [O-][N+](Cc1ccccc1)=NOCO/N=[N+](\[O-])Cc1ccccc1. The van der Waals surface area contributed by atoms with Gasteiger partial charge in [-0.25, -0.2) is 0 Å². The topological polar surface area (TPSA) is 95.3 Å². The predicted molar refractivity (Wildman–Crippen MR) is 79.4 cm³/mol. The van der Waals surface area contributed by atoms with E-state index in [1.807, 2.05) is 36.4 Å². The second kappa shape index (κ2) is 8.98. The molecule has 0 radical (unpaired) electrons. The lowest BCUT2D eigenvalue weighted by Crippen LogP contribution is -2.04. The zero-order valence-electron chi connectivity index (χ0n) is 12.3. The Labute approximate surface area is 133 Å². The van der Waals surface area contributed by atoms with Crippen molar-refractivity contribution in [1.82, 2.24) is 0 Å². The molecule has 8 nitrogen and oxygen atoms in total. The van der Waals surface area contributed by atoms with E-state index in [2.05, 4.69) is 20.2 Å². The molecule has 23 heavy (non-hydrogen) atoms. The minimum absolute atomic E-state index is 0.0552. The Morgan fingerprint density at radius 3 is 1.48 bits per heavy atom. The molecule has 0 spiro atoms. The summed E-state index contributed by atoms with van der Waals surface area (Å²) in [5, 5.41) is 29.4. The Bertz CT molecular complexity index is 590. The van der Waals surface area contributed by atoms with Gasteiger partial charge in [0.2, 0.25) is 23.6 Å². The lowest BCUT2D eigenvalue weighted by Gasteiger charge is -2.01. The third-order valence-corrected chi connectivity index (χ3v) is 2.72. The van der Waals surface area contributed by atoms with Crippen LogP contribution in [0.5, 0.6) is 0 Å². The van der Waals surface area contributed by atoms with Crippen LogP contribution in [0, 0.1) is 10.4 Å². The van der Waals surface area contributed by atoms with Crippen LogP contribution in [0.1, 0.15) is 11.1 Å². The van der Waals surface area contributed by atoms with Crippen molar-refractivity contribution in [2.24, 2.45) is 10.6 Å². The van der Waals surface area contributed by atoms with E-state index in [-0.39, 0.29) is 13.1 Å². The highest BCUT2D eigenvalue weighted by atomic mass is 16.8. The maximum absolute atomic E-state index is 11.4. The summed E-state index contributed by atoms with van der Waals surface area (Å²) in [4.78, 5) is 10.00. The van der Waals surface area contributed by atoms with Crippen LogP contribution in [0.2, 0.25) is 0 Å². The zero-order chi connectivity index (χ0) is 16.3. The highest BCUT2D eigenvalue weighted by Crippen LogP contribution is 2.01. The van der Waals surface area contributed by atoms with Crippen molar-refractivity contribution < 1.29 is 19.4 Å². The standard InChI is InChI=1S/C15H16N4O4/c20-18(11-14-7-3-1-4-8-14)16-22-13-23-17-19(21)12-15-9-5-2-6-10-15/h1-10H,11-13H2/b18-16-,19-17?. The molecule has 2 aromatic rings. The lowest BCUT2D eigenvalue weighted by atomic mass is 10.2. The van der Waals surface area contributed by atoms with Crippen LogP contribution in [-0.4, -0.2) is 16.5 Å². The maximum atomic E-state index is 11.4. The van der Waals surface area contributed by atoms with Gasteiger partial charge in [0.1, 0.15) is 0 Å². The molecule has 0 saturated carbocycles. The molecule has 2 rings (SSSR count). The second-order valence-corrected chi connectivity index (χ2v) is 4.53. The van der Waals surface area contributed by atoms with E-state index in [1.54, 1.807) is 24.3 Å². The lowest BCUT2D eigenvalue weighted by molar-refractivity contribution is -0.587. The number of rotatable bonds is 8. The van der Waals surface area contributed by atoms with Gasteiger partial charge < -0.3 is 20.1 Å². The van der Waals surface area contributed by atoms with Crippen LogP contribution >= 0.6 is 0 Å². The fourth-order valence-electron chi connectivity index (χ4n) is 1.74. The van der Waals surface area contributed by atoms with Gasteiger partial charge in [-0.3, -0.25) is 0 Å². The molecule has 0 fully saturated rings. The molecule has 0 amide bonds. The monoisotopic (exact) mass is 316 g/mol. The Kier molecular flexibility index (Phi) is 6.33. The van der Waals surface area contributed by atoms with Crippen LogP contribution in [-0.2, 0) is 22.8 Å². The summed E-state index contributed by atoms with van der Waals surface area (Å²) in [6.07, 6.45) is 0. The van der Waals surface area contributed by atoms with E-state index in [0.717, 1.165) is 11.1 Å². The zero-order valence-corrected chi connectivity index (χ0v) is 12.3. The van der Waals surface area contributed by atoms with E-state index >= 15 is 0 Å². The van der Waals surface area contributed by atoms with E-state index < -0.39 is 6.79 Å². The van der Waals surface area contributed by atoms with Gasteiger partial charge in [-0.05, 0) is 0 Å². The molecule has 0 saturated heterocycles. The van der Waals surface area contributed by atoms with Crippen LogP contribution in [0.4, 0.5) is 0 Å². The maximum Gasteiger partial charge on any atom is 0.292 e. The van der Waals surface area contributed by atoms with Crippen LogP contribution < -0.4 is 0 Å². The van der Waals surface area contributed by atoms with Gasteiger partial charge >= 0.3 is 0 Å². The summed E-state index contributed by atoms with van der Waals surface area (Å²) in [5.41, 5.74) is 1.60. The van der Waals surface area contributed by atoms with Crippen molar-refractivity contribution >= 4 is 0 Å². The first-order valence-corrected chi connectivity index (χ1v) is 6.87. The molecule has 0 bridgehead atoms. The molecule has 0 aromatic heterocycles. The van der Waals surface area contributed by atoms with E-state index in [4.69, 9.17) is 0 Å². The molecule has 0 unspecified atom stereocenters. The molecule has 120 valence electrons. The average molecular weight is 316 g/mol. The quantitative estimate of drug-likeness (QED) is 0.246. The minimum Gasteiger partial charge on any atom is -0.597 e. The van der Waals surface area contributed by atoms with Gasteiger partial charge in [-0.2, -0.15) is 0 Å². The molecular formula is C15H16N4O4. The molecule has 0 aliphatic carbocycles. The van der Waals surface area contributed by atoms with Crippen LogP contribution in [0.15, 0.2) is 71.2 Å². The fraction of sp³-hybridized carbons (Fsp3) is 0.200. The summed E-state index contributed by atoms with van der Waals surface area (Å²) < 4.78 is 0. The highest BCUT2D eigenvalue weighted by Gasteiger charge is 2.01. The number of hydroxylamine groups is 2. The van der Waals surface area contributed by atoms with Gasteiger partial charge in [0, 0.05) is 11.1 Å². The van der Waals surface area contributed by atoms with Gasteiger partial charge in [-0.15, -0.1) is 0 Å². The van der Waals surface area contributed by atoms with E-state index in [1.165, 1.54) is 0 Å². The predicted octanol–water partition coefficient (Wildman–Crippen LogP) is 3.13. The van der Waals surface area contributed by atoms with Crippen molar-refractivity contribution in [3.05, 3.63) is 82.2 Å². The number of benzene rings is 2. The van der Waals surface area contributed by atoms with Gasteiger partial charge in [0.05, 0.1) is 0 Å². The summed E-state index contributed by atoms with van der Waals surface area (Å²) >= 11 is 0. The number of hydrogen-bond acceptors (Lipinski definition) is 6. The number of nitrogens with zero attached hydrogens (tertiary/aromatic N) is 4. The number of hydrogen-bond donors (Lipinski definition) is 0. The Balaban J connectivity index is 1.68. The summed E-state index contributed by atoms with van der Waals surface area (Å²) in [6.45, 7) is -0.319. The summed E-state index contributed by atoms with van der Waals surface area (Å²) in [6, 6.07) is 18.2. The summed E-state index contributed by atoms with van der Waals surface area (Å²) in [7, 11) is 0. The third kappa shape index (κ3) is 6.42. The fourth-order valence-corrected chi connectivity index (χ4v) is 1.74. The Hall–Kier alpha value is -3.16. The van der Waals surface area contributed by atoms with Crippen molar-refractivity contribution in [3.8, 4) is 0 Å². The molecule has 0 atom stereocenters. The van der Waals surface area contributed by atoms with Gasteiger partial charge in [0.15, 0.2) is 0 Å². The van der Waals surface area contributed by atoms with Gasteiger partial charge in [-0.1, -0.05) is 70.4 Å². The molecule has 0 N–H and O–H groups in total. The molecule has 2 aromatic carbocycles. The first kappa shape index (κ1) is 16.2. The van der Waals surface area contributed by atoms with E-state index in [9.17, 15) is 10.4 Å². The minimum atomic E-state index is -0.430. The van der Waals surface area contributed by atoms with E-state index in [0.29, 0.717) is 9.72 Å². The molecular weight excluding hydrogens is 300 g/mol. The smallest absolute Gasteiger partial charge is 0.292 e. The van der Waals surface area contributed by atoms with Crippen molar-refractivity contribution in [3.63, 3.8) is 0 Å². The van der Waals surface area contributed by atoms with Crippen molar-refractivity contribution in [2.45, 2.75) is 13.1 Å². The second-order valence-electron chi connectivity index (χ2n) is 4.53. The Morgan fingerprint density at radius 2 is 1.09 bits per heavy atom. The normalized spacial score (nSPS) is 12.0. The average Bonchev–Trinajstić information content (AvgIpc) is 2.56. The molecule has 0 aliphatic rings. The largest absolute Gasteiger partial charge is 0.597 e. The molecule has 0 heterocycles. The Morgan fingerprint density at radius 1 is 0.696 bits per heavy atom. The van der Waals surface area contributed by atoms with Gasteiger partial charge in [0.25, 0.3) is 6.79 Å². The highest BCUT2D eigenvalue weighted by molar-refractivity contribution is 5.13. The third-order valence-electron chi connectivity index (χ3n) is 2.72. The van der Waals surface area contributed by atoms with Crippen molar-refractivity contribution in [1.29, 1.82) is 0 Å². The first-order chi connectivity index (χ1) is 11.2. The van der Waals surface area contributed by atoms with Crippen LogP contribution in [0.3, 0.4) is 0 Å². The molecule has 8 heteroatoms.